The van der Waals surface area contributed by atoms with Crippen LogP contribution in [0.4, 0.5) is 11.4 Å². The Bertz CT molecular complexity index is 759. The zero-order valence-corrected chi connectivity index (χ0v) is 13.6. The summed E-state index contributed by atoms with van der Waals surface area (Å²) in [7, 11) is 1.45. The first-order valence-electron chi connectivity index (χ1n) is 7.54. The SMILES string of the molecule is CO/N=C/c1ccc(C(=O)NCCNc2ccccc2[N+](=O)[O-])cc1. The summed E-state index contributed by atoms with van der Waals surface area (Å²) in [6.07, 6.45) is 1.54. The van der Waals surface area contributed by atoms with Crippen LogP contribution >= 0.6 is 0 Å². The minimum Gasteiger partial charge on any atom is -0.399 e. The molecule has 0 aliphatic rings. The van der Waals surface area contributed by atoms with Crippen molar-refractivity contribution in [3.05, 3.63) is 69.8 Å². The number of benzene rings is 2. The Morgan fingerprint density at radius 2 is 1.92 bits per heavy atom. The predicted molar refractivity (Wildman–Crippen MR) is 95.0 cm³/mol. The molecule has 2 aromatic carbocycles. The minimum atomic E-state index is -0.449. The third-order valence-electron chi connectivity index (χ3n) is 3.31. The van der Waals surface area contributed by atoms with Crippen molar-refractivity contribution in [1.29, 1.82) is 0 Å². The van der Waals surface area contributed by atoms with E-state index in [0.717, 1.165) is 5.56 Å². The van der Waals surface area contributed by atoms with Crippen LogP contribution in [-0.2, 0) is 4.84 Å². The van der Waals surface area contributed by atoms with Crippen molar-refractivity contribution in [3.63, 3.8) is 0 Å². The topological polar surface area (TPSA) is 106 Å². The molecule has 25 heavy (non-hydrogen) atoms. The second-order valence-electron chi connectivity index (χ2n) is 5.00. The Hall–Kier alpha value is -3.42. The van der Waals surface area contributed by atoms with Crippen LogP contribution < -0.4 is 10.6 Å². The van der Waals surface area contributed by atoms with E-state index in [2.05, 4.69) is 20.6 Å². The molecule has 8 nitrogen and oxygen atoms in total. The number of nitro benzene ring substituents is 1. The number of nitrogens with zero attached hydrogens (tertiary/aromatic N) is 2. The zero-order chi connectivity index (χ0) is 18.1. The van der Waals surface area contributed by atoms with Crippen LogP contribution in [-0.4, -0.2) is 37.2 Å². The van der Waals surface area contributed by atoms with E-state index in [-0.39, 0.29) is 11.6 Å². The molecule has 2 aromatic rings. The van der Waals surface area contributed by atoms with Gasteiger partial charge in [-0.1, -0.05) is 29.4 Å². The highest BCUT2D eigenvalue weighted by molar-refractivity contribution is 5.95. The number of oxime groups is 1. The van der Waals surface area contributed by atoms with Crippen LogP contribution in [0.5, 0.6) is 0 Å². The first-order valence-corrected chi connectivity index (χ1v) is 7.54. The summed E-state index contributed by atoms with van der Waals surface area (Å²) in [4.78, 5) is 27.1. The maximum absolute atomic E-state index is 12.1. The van der Waals surface area contributed by atoms with E-state index in [1.54, 1.807) is 48.7 Å². The molecule has 8 heteroatoms. The van der Waals surface area contributed by atoms with Gasteiger partial charge in [0.15, 0.2) is 0 Å². The third kappa shape index (κ3) is 5.31. The van der Waals surface area contributed by atoms with Crippen molar-refractivity contribution in [2.75, 3.05) is 25.5 Å². The van der Waals surface area contributed by atoms with Gasteiger partial charge in [-0.2, -0.15) is 0 Å². The summed E-state index contributed by atoms with van der Waals surface area (Å²) in [5, 5.41) is 20.3. The van der Waals surface area contributed by atoms with Gasteiger partial charge in [0, 0.05) is 24.7 Å². The molecule has 0 aromatic heterocycles. The summed E-state index contributed by atoms with van der Waals surface area (Å²) >= 11 is 0. The van der Waals surface area contributed by atoms with Crippen molar-refractivity contribution in [1.82, 2.24) is 5.32 Å². The van der Waals surface area contributed by atoms with Crippen LogP contribution in [0.2, 0.25) is 0 Å². The Morgan fingerprint density at radius 1 is 1.20 bits per heavy atom. The minimum absolute atomic E-state index is 0.00198. The van der Waals surface area contributed by atoms with Gasteiger partial charge in [-0.05, 0) is 23.8 Å². The fraction of sp³-hybridized carbons (Fsp3) is 0.176. The molecule has 1 amide bonds. The number of carbonyl (C=O) groups excluding carboxylic acids is 1. The van der Waals surface area contributed by atoms with Crippen LogP contribution in [0.3, 0.4) is 0 Å². The number of anilines is 1. The van der Waals surface area contributed by atoms with Crippen molar-refractivity contribution in [3.8, 4) is 0 Å². The molecule has 2 N–H and O–H groups in total. The number of rotatable bonds is 8. The van der Waals surface area contributed by atoms with Crippen molar-refractivity contribution >= 4 is 23.5 Å². The number of para-hydroxylation sites is 2. The normalized spacial score (nSPS) is 10.4. The maximum Gasteiger partial charge on any atom is 0.292 e. The zero-order valence-electron chi connectivity index (χ0n) is 13.6. The highest BCUT2D eigenvalue weighted by Gasteiger charge is 2.11. The van der Waals surface area contributed by atoms with Crippen LogP contribution in [0, 0.1) is 10.1 Å². The molecule has 0 spiro atoms. The van der Waals surface area contributed by atoms with Crippen LogP contribution in [0.15, 0.2) is 53.7 Å². The lowest BCUT2D eigenvalue weighted by atomic mass is 10.1. The predicted octanol–water partition coefficient (Wildman–Crippen LogP) is 2.42. The van der Waals surface area contributed by atoms with Crippen molar-refractivity contribution in [2.24, 2.45) is 5.16 Å². The number of carbonyl (C=O) groups is 1. The van der Waals surface area contributed by atoms with Gasteiger partial charge >= 0.3 is 0 Å². The molecule has 0 atom stereocenters. The van der Waals surface area contributed by atoms with Crippen LogP contribution in [0.25, 0.3) is 0 Å². The second-order valence-corrected chi connectivity index (χ2v) is 5.00. The molecule has 0 unspecified atom stereocenters. The van der Waals surface area contributed by atoms with E-state index in [4.69, 9.17) is 0 Å². The van der Waals surface area contributed by atoms with E-state index < -0.39 is 4.92 Å². The Kier molecular flexibility index (Phi) is 6.47. The third-order valence-corrected chi connectivity index (χ3v) is 3.31. The first-order chi connectivity index (χ1) is 12.1. The number of hydrogen-bond donors (Lipinski definition) is 2. The summed E-state index contributed by atoms with van der Waals surface area (Å²) in [6.45, 7) is 0.701. The molecule has 0 fully saturated rings. The monoisotopic (exact) mass is 342 g/mol. The molecule has 0 radical (unpaired) electrons. The fourth-order valence-corrected chi connectivity index (χ4v) is 2.09. The van der Waals surface area contributed by atoms with Gasteiger partial charge in [0.1, 0.15) is 12.8 Å². The number of nitrogens with one attached hydrogen (secondary N) is 2. The van der Waals surface area contributed by atoms with Gasteiger partial charge in [0.05, 0.1) is 11.1 Å². The van der Waals surface area contributed by atoms with Crippen molar-refractivity contribution < 1.29 is 14.6 Å². The molecule has 0 heterocycles. The van der Waals surface area contributed by atoms with Gasteiger partial charge in [-0.25, -0.2) is 0 Å². The molecule has 0 saturated heterocycles. The van der Waals surface area contributed by atoms with Gasteiger partial charge in [-0.15, -0.1) is 0 Å². The molecule has 130 valence electrons. The number of hydrogen-bond acceptors (Lipinski definition) is 6. The standard InChI is InChI=1S/C17H18N4O4/c1-25-20-12-13-6-8-14(9-7-13)17(22)19-11-10-18-15-4-2-3-5-16(15)21(23)24/h2-9,12,18H,10-11H2,1H3,(H,19,22)/b20-12+. The summed E-state index contributed by atoms with van der Waals surface area (Å²) in [5.74, 6) is -0.223. The van der Waals surface area contributed by atoms with Gasteiger partial charge < -0.3 is 15.5 Å². The van der Waals surface area contributed by atoms with Gasteiger partial charge in [0.2, 0.25) is 0 Å². The average molecular weight is 342 g/mol. The quantitative estimate of drug-likeness (QED) is 0.332. The molecule has 0 bridgehead atoms. The highest BCUT2D eigenvalue weighted by atomic mass is 16.6. The lowest BCUT2D eigenvalue weighted by molar-refractivity contribution is -0.384. The summed E-state index contributed by atoms with van der Waals surface area (Å²) in [6, 6.07) is 13.2. The highest BCUT2D eigenvalue weighted by Crippen LogP contribution is 2.22. The van der Waals surface area contributed by atoms with E-state index in [0.29, 0.717) is 24.3 Å². The Balaban J connectivity index is 1.83. The van der Waals surface area contributed by atoms with Gasteiger partial charge in [0.25, 0.3) is 11.6 Å². The molecule has 0 aliphatic carbocycles. The summed E-state index contributed by atoms with van der Waals surface area (Å²) in [5.41, 5.74) is 1.75. The van der Waals surface area contributed by atoms with E-state index >= 15 is 0 Å². The largest absolute Gasteiger partial charge is 0.399 e. The van der Waals surface area contributed by atoms with Crippen molar-refractivity contribution in [2.45, 2.75) is 0 Å². The Morgan fingerprint density at radius 3 is 2.60 bits per heavy atom. The molecule has 2 rings (SSSR count). The summed E-state index contributed by atoms with van der Waals surface area (Å²) < 4.78 is 0. The Labute approximate surface area is 144 Å². The number of nitro groups is 1. The lowest BCUT2D eigenvalue weighted by Crippen LogP contribution is -2.28. The van der Waals surface area contributed by atoms with Gasteiger partial charge in [-0.3, -0.25) is 14.9 Å². The lowest BCUT2D eigenvalue weighted by Gasteiger charge is -2.08. The number of amides is 1. The fourth-order valence-electron chi connectivity index (χ4n) is 2.09. The molecule has 0 saturated carbocycles. The second kappa shape index (κ2) is 9.02. The molecule has 0 aliphatic heterocycles. The smallest absolute Gasteiger partial charge is 0.292 e. The molecular weight excluding hydrogens is 324 g/mol. The molecular formula is C17H18N4O4. The van der Waals surface area contributed by atoms with E-state index in [1.165, 1.54) is 13.2 Å². The van der Waals surface area contributed by atoms with Crippen LogP contribution in [0.1, 0.15) is 15.9 Å². The first kappa shape index (κ1) is 17.9. The van der Waals surface area contributed by atoms with E-state index in [9.17, 15) is 14.9 Å². The van der Waals surface area contributed by atoms with E-state index in [1.807, 2.05) is 0 Å². The average Bonchev–Trinajstić information content (AvgIpc) is 2.64. The maximum atomic E-state index is 12.1.